The molecule has 0 saturated carbocycles. The average molecular weight is 374 g/mol. The minimum atomic E-state index is 0. The van der Waals surface area contributed by atoms with Gasteiger partial charge in [-0.3, -0.25) is 9.59 Å². The highest BCUT2D eigenvalue weighted by Gasteiger charge is 2.05. The average Bonchev–Trinajstić information content (AvgIpc) is 2.62. The Morgan fingerprint density at radius 1 is 0.778 bits per heavy atom. The van der Waals surface area contributed by atoms with E-state index in [0.29, 0.717) is 22.6 Å². The van der Waals surface area contributed by atoms with E-state index in [1.807, 2.05) is 27.7 Å². The van der Waals surface area contributed by atoms with Crippen molar-refractivity contribution in [2.24, 2.45) is 0 Å². The fourth-order valence-electron chi connectivity index (χ4n) is 2.03. The molecule has 0 fully saturated rings. The summed E-state index contributed by atoms with van der Waals surface area (Å²) in [5.41, 5.74) is 1.20. The largest absolute Gasteiger partial charge is 0.496 e. The second kappa shape index (κ2) is 12.5. The van der Waals surface area contributed by atoms with Gasteiger partial charge < -0.3 is 14.2 Å². The number of hydrogen-bond acceptors (Lipinski definition) is 5. The van der Waals surface area contributed by atoms with Crippen molar-refractivity contribution < 1.29 is 23.8 Å². The highest BCUT2D eigenvalue weighted by molar-refractivity contribution is 5.79. The number of methoxy groups -OCH3 is 1. The molecule has 5 heteroatoms. The molecule has 0 aliphatic heterocycles. The minimum absolute atomic E-state index is 0. The van der Waals surface area contributed by atoms with E-state index in [4.69, 9.17) is 14.2 Å². The van der Waals surface area contributed by atoms with Crippen LogP contribution >= 0.6 is 0 Å². The molecule has 0 spiro atoms. The lowest BCUT2D eigenvalue weighted by Gasteiger charge is -2.11. The van der Waals surface area contributed by atoms with Crippen LogP contribution < -0.4 is 14.2 Å². The number of aldehydes is 2. The zero-order valence-corrected chi connectivity index (χ0v) is 15.9. The number of rotatable bonds is 7. The van der Waals surface area contributed by atoms with E-state index in [2.05, 4.69) is 0 Å². The minimum Gasteiger partial charge on any atom is -0.496 e. The van der Waals surface area contributed by atoms with Crippen molar-refractivity contribution in [3.8, 4) is 17.2 Å². The van der Waals surface area contributed by atoms with E-state index in [1.54, 1.807) is 42.5 Å². The van der Waals surface area contributed by atoms with E-state index in [9.17, 15) is 9.59 Å². The number of benzene rings is 2. The van der Waals surface area contributed by atoms with Crippen LogP contribution in [0.1, 0.15) is 55.8 Å². The predicted octanol–water partition coefficient (Wildman–Crippen LogP) is 5.22. The van der Waals surface area contributed by atoms with Gasteiger partial charge in [-0.1, -0.05) is 7.43 Å². The third kappa shape index (κ3) is 8.90. The Morgan fingerprint density at radius 3 is 1.74 bits per heavy atom. The molecule has 0 bridgehead atoms. The number of ether oxygens (including phenoxy) is 3. The Morgan fingerprint density at radius 2 is 1.30 bits per heavy atom. The SMILES string of the molecule is C.CC(C)Oc1ccc(C=O)cc1.COc1cc(OC(C)C)ccc1C=O. The van der Waals surface area contributed by atoms with Gasteiger partial charge in [-0.25, -0.2) is 0 Å². The van der Waals surface area contributed by atoms with Crippen molar-refractivity contribution in [3.05, 3.63) is 53.6 Å². The quantitative estimate of drug-likeness (QED) is 0.622. The van der Waals surface area contributed by atoms with Gasteiger partial charge in [-0.2, -0.15) is 0 Å². The van der Waals surface area contributed by atoms with Crippen LogP contribution in [-0.2, 0) is 0 Å². The van der Waals surface area contributed by atoms with Gasteiger partial charge in [0.15, 0.2) is 6.29 Å². The lowest BCUT2D eigenvalue weighted by molar-refractivity contribution is 0.111. The van der Waals surface area contributed by atoms with Crippen LogP contribution in [0.15, 0.2) is 42.5 Å². The van der Waals surface area contributed by atoms with Crippen molar-refractivity contribution in [3.63, 3.8) is 0 Å². The third-order valence-corrected chi connectivity index (χ3v) is 3.09. The van der Waals surface area contributed by atoms with Gasteiger partial charge in [-0.15, -0.1) is 0 Å². The Kier molecular flexibility index (Phi) is 11.2. The van der Waals surface area contributed by atoms with E-state index in [-0.39, 0.29) is 19.6 Å². The van der Waals surface area contributed by atoms with Gasteiger partial charge >= 0.3 is 0 Å². The normalized spacial score (nSPS) is 9.59. The monoisotopic (exact) mass is 374 g/mol. The van der Waals surface area contributed by atoms with E-state index < -0.39 is 0 Å². The zero-order chi connectivity index (χ0) is 19.5. The summed E-state index contributed by atoms with van der Waals surface area (Å²) < 4.78 is 15.9. The van der Waals surface area contributed by atoms with Crippen molar-refractivity contribution >= 4 is 12.6 Å². The first-order chi connectivity index (χ1) is 12.4. The van der Waals surface area contributed by atoms with Crippen molar-refractivity contribution in [2.45, 2.75) is 47.3 Å². The Balaban J connectivity index is 0.000000488. The third-order valence-electron chi connectivity index (χ3n) is 3.09. The lowest BCUT2D eigenvalue weighted by atomic mass is 10.2. The Bertz CT molecular complexity index is 690. The molecule has 2 aromatic rings. The molecule has 27 heavy (non-hydrogen) atoms. The predicted molar refractivity (Wildman–Crippen MR) is 108 cm³/mol. The van der Waals surface area contributed by atoms with Crippen LogP contribution in [0.3, 0.4) is 0 Å². The number of hydrogen-bond donors (Lipinski definition) is 0. The zero-order valence-electron chi connectivity index (χ0n) is 15.9. The van der Waals surface area contributed by atoms with Crippen molar-refractivity contribution in [2.75, 3.05) is 7.11 Å². The number of carbonyl (C=O) groups is 2. The summed E-state index contributed by atoms with van der Waals surface area (Å²) in [4.78, 5) is 20.9. The van der Waals surface area contributed by atoms with Gasteiger partial charge in [0.2, 0.25) is 0 Å². The summed E-state index contributed by atoms with van der Waals surface area (Å²) in [5.74, 6) is 2.05. The van der Waals surface area contributed by atoms with Gasteiger partial charge in [0.25, 0.3) is 0 Å². The lowest BCUT2D eigenvalue weighted by Crippen LogP contribution is -2.05. The molecular weight excluding hydrogens is 344 g/mol. The Hall–Kier alpha value is -2.82. The first-order valence-electron chi connectivity index (χ1n) is 8.41. The molecule has 0 unspecified atom stereocenters. The second-order valence-corrected chi connectivity index (χ2v) is 6.04. The molecule has 0 aliphatic carbocycles. The first kappa shape index (κ1) is 24.2. The molecule has 0 saturated heterocycles. The maximum Gasteiger partial charge on any atom is 0.153 e. The van der Waals surface area contributed by atoms with Crippen LogP contribution in [0.25, 0.3) is 0 Å². The van der Waals surface area contributed by atoms with Gasteiger partial charge in [0.05, 0.1) is 24.9 Å². The molecule has 0 N–H and O–H groups in total. The molecule has 148 valence electrons. The molecule has 0 aliphatic rings. The molecule has 0 radical (unpaired) electrons. The summed E-state index contributed by atoms with van der Waals surface area (Å²) in [7, 11) is 1.53. The topological polar surface area (TPSA) is 61.8 Å². The second-order valence-electron chi connectivity index (χ2n) is 6.04. The molecule has 0 heterocycles. The molecule has 5 nitrogen and oxygen atoms in total. The van der Waals surface area contributed by atoms with Crippen LogP contribution in [-0.4, -0.2) is 31.9 Å². The van der Waals surface area contributed by atoms with Crippen molar-refractivity contribution in [1.82, 2.24) is 0 Å². The molecule has 0 amide bonds. The first-order valence-corrected chi connectivity index (χ1v) is 8.41. The van der Waals surface area contributed by atoms with E-state index in [1.165, 1.54) is 7.11 Å². The molecule has 0 aromatic heterocycles. The van der Waals surface area contributed by atoms with Gasteiger partial charge in [0.1, 0.15) is 23.5 Å². The highest BCUT2D eigenvalue weighted by Crippen LogP contribution is 2.23. The van der Waals surface area contributed by atoms with Crippen LogP contribution in [0.5, 0.6) is 17.2 Å². The molecule has 2 aromatic carbocycles. The summed E-state index contributed by atoms with van der Waals surface area (Å²) in [5, 5.41) is 0. The van der Waals surface area contributed by atoms with E-state index >= 15 is 0 Å². The van der Waals surface area contributed by atoms with Gasteiger partial charge in [-0.05, 0) is 64.1 Å². The molecule has 2 rings (SSSR count). The van der Waals surface area contributed by atoms with Crippen LogP contribution in [0.2, 0.25) is 0 Å². The van der Waals surface area contributed by atoms with Crippen LogP contribution in [0, 0.1) is 0 Å². The summed E-state index contributed by atoms with van der Waals surface area (Å²) >= 11 is 0. The fraction of sp³-hybridized carbons (Fsp3) is 0.364. The summed E-state index contributed by atoms with van der Waals surface area (Å²) in [6.07, 6.45) is 1.87. The number of carbonyl (C=O) groups excluding carboxylic acids is 2. The van der Waals surface area contributed by atoms with Crippen molar-refractivity contribution in [1.29, 1.82) is 0 Å². The summed E-state index contributed by atoms with van der Waals surface area (Å²) in [6, 6.07) is 12.2. The maximum atomic E-state index is 10.6. The maximum absolute atomic E-state index is 10.6. The summed E-state index contributed by atoms with van der Waals surface area (Å²) in [6.45, 7) is 7.82. The fourth-order valence-corrected chi connectivity index (χ4v) is 2.03. The van der Waals surface area contributed by atoms with Gasteiger partial charge in [0, 0.05) is 11.6 Å². The molecular formula is C22H30O5. The highest BCUT2D eigenvalue weighted by atomic mass is 16.5. The Labute approximate surface area is 162 Å². The smallest absolute Gasteiger partial charge is 0.153 e. The molecule has 0 atom stereocenters. The van der Waals surface area contributed by atoms with E-state index in [0.717, 1.165) is 18.3 Å². The standard InChI is InChI=1S/C11H14O3.C10H12O2.CH4/c1-8(2)14-10-5-4-9(7-12)11(6-10)13-3;1-8(2)12-10-5-3-9(7-11)4-6-10;/h4-8H,1-3H3;3-8H,1-2H3;1H4. The van der Waals surface area contributed by atoms with Crippen LogP contribution in [0.4, 0.5) is 0 Å².